The molecule has 0 bridgehead atoms. The third-order valence-corrected chi connectivity index (χ3v) is 5.88. The first-order valence-corrected chi connectivity index (χ1v) is 9.71. The number of aryl methyl sites for hydroxylation is 1. The number of aromatic nitrogens is 2. The van der Waals surface area contributed by atoms with Crippen LogP contribution in [0.3, 0.4) is 0 Å². The van der Waals surface area contributed by atoms with Crippen molar-refractivity contribution in [3.8, 4) is 5.75 Å². The highest BCUT2D eigenvalue weighted by atomic mass is 19.4. The summed E-state index contributed by atoms with van der Waals surface area (Å²) in [7, 11) is 1.38. The molecule has 0 aromatic carbocycles. The molecule has 1 saturated heterocycles. The van der Waals surface area contributed by atoms with Gasteiger partial charge in [-0.3, -0.25) is 19.6 Å². The molecule has 0 spiro atoms. The minimum atomic E-state index is -4.73. The highest BCUT2D eigenvalue weighted by Crippen LogP contribution is 2.54. The molecule has 172 valence electrons. The van der Waals surface area contributed by atoms with Gasteiger partial charge in [-0.05, 0) is 32.0 Å². The van der Waals surface area contributed by atoms with E-state index in [1.807, 2.05) is 0 Å². The van der Waals surface area contributed by atoms with E-state index in [-0.39, 0.29) is 17.1 Å². The van der Waals surface area contributed by atoms with Crippen molar-refractivity contribution in [2.75, 3.05) is 12.4 Å². The van der Waals surface area contributed by atoms with Gasteiger partial charge in [-0.2, -0.15) is 13.2 Å². The smallest absolute Gasteiger partial charge is 0.417 e. The van der Waals surface area contributed by atoms with Gasteiger partial charge in [-0.1, -0.05) is 6.92 Å². The van der Waals surface area contributed by atoms with Crippen LogP contribution < -0.4 is 15.8 Å². The van der Waals surface area contributed by atoms with Gasteiger partial charge in [0.1, 0.15) is 17.5 Å². The van der Waals surface area contributed by atoms with Crippen LogP contribution in [0.1, 0.15) is 41.5 Å². The maximum Gasteiger partial charge on any atom is 0.417 e. The van der Waals surface area contributed by atoms with Crippen molar-refractivity contribution in [1.82, 2.24) is 9.97 Å². The number of hydrogen-bond acceptors (Lipinski definition) is 6. The summed E-state index contributed by atoms with van der Waals surface area (Å²) in [4.78, 5) is 32.4. The van der Waals surface area contributed by atoms with E-state index < -0.39 is 41.5 Å². The van der Waals surface area contributed by atoms with Crippen LogP contribution in [0.2, 0.25) is 0 Å². The second-order valence-electron chi connectivity index (χ2n) is 7.76. The molecule has 1 aliphatic rings. The highest BCUT2D eigenvalue weighted by molar-refractivity contribution is 5.97. The minimum Gasteiger partial charge on any atom is -0.495 e. The molecule has 0 radical (unpaired) electrons. The zero-order chi connectivity index (χ0) is 23.8. The number of halogens is 3. The largest absolute Gasteiger partial charge is 0.495 e. The van der Waals surface area contributed by atoms with Gasteiger partial charge in [-0.25, -0.2) is 0 Å². The lowest BCUT2D eigenvalue weighted by Crippen LogP contribution is -2.47. The molecule has 4 atom stereocenters. The van der Waals surface area contributed by atoms with Crippen molar-refractivity contribution in [2.45, 2.75) is 44.6 Å². The lowest BCUT2D eigenvalue weighted by atomic mass is 9.77. The van der Waals surface area contributed by atoms with Gasteiger partial charge < -0.3 is 20.5 Å². The van der Waals surface area contributed by atoms with Crippen molar-refractivity contribution in [2.24, 2.45) is 11.7 Å². The molecule has 11 heteroatoms. The van der Waals surface area contributed by atoms with Crippen LogP contribution >= 0.6 is 0 Å². The Bertz CT molecular complexity index is 1050. The third kappa shape index (κ3) is 3.99. The van der Waals surface area contributed by atoms with Gasteiger partial charge in [-0.15, -0.1) is 0 Å². The standard InChI is InChI=1S/C21H23F3N4O4/c1-10-15(13-6-8-26-11(2)16(13)31-4)17(32-20(10,3)21(22,23)24)19(30)28-12-5-7-27-14(9-12)18(25)29/h5-10,15,17H,1-4H3,(H2,25,29)(H,27,28,30)/t10-,15+,17-,20-/m0/s1. The Labute approximate surface area is 182 Å². The molecule has 32 heavy (non-hydrogen) atoms. The number of ether oxygens (including phenoxy) is 2. The van der Waals surface area contributed by atoms with Crippen LogP contribution in [0.15, 0.2) is 30.6 Å². The second-order valence-corrected chi connectivity index (χ2v) is 7.76. The molecule has 3 N–H and O–H groups in total. The van der Waals surface area contributed by atoms with E-state index in [2.05, 4.69) is 15.3 Å². The first-order chi connectivity index (χ1) is 14.9. The quantitative estimate of drug-likeness (QED) is 0.721. The van der Waals surface area contributed by atoms with E-state index in [1.54, 1.807) is 6.92 Å². The molecule has 8 nitrogen and oxygen atoms in total. The molecule has 2 aromatic rings. The van der Waals surface area contributed by atoms with E-state index in [0.29, 0.717) is 11.3 Å². The summed E-state index contributed by atoms with van der Waals surface area (Å²) < 4.78 is 52.8. The number of nitrogens with one attached hydrogen (secondary N) is 1. The normalized spacial score (nSPS) is 25.4. The molecule has 3 rings (SSSR count). The Morgan fingerprint density at radius 2 is 1.91 bits per heavy atom. The van der Waals surface area contributed by atoms with Gasteiger partial charge >= 0.3 is 6.18 Å². The zero-order valence-corrected chi connectivity index (χ0v) is 17.9. The summed E-state index contributed by atoms with van der Waals surface area (Å²) in [6.45, 7) is 3.97. The Hall–Kier alpha value is -3.21. The van der Waals surface area contributed by atoms with Gasteiger partial charge in [0.25, 0.3) is 11.8 Å². The number of methoxy groups -OCH3 is 1. The lowest BCUT2D eigenvalue weighted by Gasteiger charge is -2.32. The van der Waals surface area contributed by atoms with Gasteiger partial charge in [0.15, 0.2) is 5.60 Å². The first-order valence-electron chi connectivity index (χ1n) is 9.71. The van der Waals surface area contributed by atoms with Crippen LogP contribution in [-0.2, 0) is 9.53 Å². The van der Waals surface area contributed by atoms with Crippen LogP contribution in [0.25, 0.3) is 0 Å². The predicted octanol–water partition coefficient (Wildman–Crippen LogP) is 2.97. The molecular weight excluding hydrogens is 429 g/mol. The summed E-state index contributed by atoms with van der Waals surface area (Å²) in [5.74, 6) is -3.46. The maximum absolute atomic E-state index is 14.0. The molecule has 0 saturated carbocycles. The van der Waals surface area contributed by atoms with E-state index >= 15 is 0 Å². The van der Waals surface area contributed by atoms with Crippen LogP contribution in [0.4, 0.5) is 18.9 Å². The SMILES string of the molecule is COc1c([C@@H]2[C@@H](C(=O)Nc3ccnc(C(N)=O)c3)O[C@](C)(C(F)(F)F)[C@H]2C)ccnc1C. The summed E-state index contributed by atoms with van der Waals surface area (Å²) in [6, 6.07) is 4.14. The summed E-state index contributed by atoms with van der Waals surface area (Å²) in [5, 5.41) is 2.51. The fourth-order valence-corrected chi connectivity index (χ4v) is 3.98. The molecule has 1 aliphatic heterocycles. The van der Waals surface area contributed by atoms with E-state index in [9.17, 15) is 22.8 Å². The van der Waals surface area contributed by atoms with E-state index in [1.165, 1.54) is 44.6 Å². The number of primary amides is 1. The number of carbonyl (C=O) groups is 2. The van der Waals surface area contributed by atoms with Crippen LogP contribution in [0.5, 0.6) is 5.75 Å². The van der Waals surface area contributed by atoms with E-state index in [4.69, 9.17) is 15.2 Å². The van der Waals surface area contributed by atoms with Gasteiger partial charge in [0.2, 0.25) is 0 Å². The lowest BCUT2D eigenvalue weighted by molar-refractivity contribution is -0.272. The molecule has 3 heterocycles. The Balaban J connectivity index is 2.05. The maximum atomic E-state index is 14.0. The van der Waals surface area contributed by atoms with E-state index in [0.717, 1.165) is 6.92 Å². The van der Waals surface area contributed by atoms with Crippen molar-refractivity contribution in [3.05, 3.63) is 47.5 Å². The summed E-state index contributed by atoms with van der Waals surface area (Å²) >= 11 is 0. The number of alkyl halides is 3. The molecule has 0 aliphatic carbocycles. The fourth-order valence-electron chi connectivity index (χ4n) is 3.98. The zero-order valence-electron chi connectivity index (χ0n) is 17.9. The van der Waals surface area contributed by atoms with Gasteiger partial charge in [0.05, 0.1) is 12.8 Å². The summed E-state index contributed by atoms with van der Waals surface area (Å²) in [5.41, 5.74) is 3.51. The highest BCUT2D eigenvalue weighted by Gasteiger charge is 2.65. The number of pyridine rings is 2. The number of nitrogens with two attached hydrogens (primary N) is 1. The average Bonchev–Trinajstić information content (AvgIpc) is 3.00. The predicted molar refractivity (Wildman–Crippen MR) is 108 cm³/mol. The molecule has 0 unspecified atom stereocenters. The topological polar surface area (TPSA) is 116 Å². The molecule has 1 fully saturated rings. The monoisotopic (exact) mass is 452 g/mol. The molecule has 2 aromatic heterocycles. The van der Waals surface area contributed by atoms with Crippen LogP contribution in [0, 0.1) is 12.8 Å². The molecule has 2 amide bonds. The number of anilines is 1. The number of hydrogen-bond donors (Lipinski definition) is 2. The van der Waals surface area contributed by atoms with Crippen molar-refractivity contribution in [1.29, 1.82) is 0 Å². The average molecular weight is 452 g/mol. The number of rotatable bonds is 5. The number of carbonyl (C=O) groups excluding carboxylic acids is 2. The molecular formula is C21H23F3N4O4. The van der Waals surface area contributed by atoms with Crippen molar-refractivity contribution < 1.29 is 32.2 Å². The fraction of sp³-hybridized carbons (Fsp3) is 0.429. The van der Waals surface area contributed by atoms with Crippen LogP contribution in [-0.4, -0.2) is 46.8 Å². The van der Waals surface area contributed by atoms with Crippen molar-refractivity contribution in [3.63, 3.8) is 0 Å². The Kier molecular flexibility index (Phi) is 6.14. The Morgan fingerprint density at radius 1 is 1.25 bits per heavy atom. The number of nitrogens with zero attached hydrogens (tertiary/aromatic N) is 2. The number of amides is 2. The Morgan fingerprint density at radius 3 is 2.50 bits per heavy atom. The van der Waals surface area contributed by atoms with Gasteiger partial charge in [0, 0.05) is 35.5 Å². The summed E-state index contributed by atoms with van der Waals surface area (Å²) in [6.07, 6.45) is -3.54. The minimum absolute atomic E-state index is 0.105. The van der Waals surface area contributed by atoms with Crippen molar-refractivity contribution >= 4 is 17.5 Å². The second kappa shape index (κ2) is 8.38. The third-order valence-electron chi connectivity index (χ3n) is 5.88. The first kappa shape index (κ1) is 23.5.